The molecule has 1 aliphatic carbocycles. The predicted molar refractivity (Wildman–Crippen MR) is 66.3 cm³/mol. The Labute approximate surface area is 122 Å². The number of rotatable bonds is 1. The summed E-state index contributed by atoms with van der Waals surface area (Å²) in [5.74, 6) is -0.592. The fraction of sp³-hybridized carbons (Fsp3) is 0.231. The van der Waals surface area contributed by atoms with E-state index in [1.54, 1.807) is 0 Å². The summed E-state index contributed by atoms with van der Waals surface area (Å²) in [6.07, 6.45) is 1.22. The van der Waals surface area contributed by atoms with Gasteiger partial charge in [-0.25, -0.2) is 0 Å². The van der Waals surface area contributed by atoms with Crippen LogP contribution in [0.3, 0.4) is 0 Å². The standard InChI is InChI=1S/C13H12O3.Na.H/c14-8-11-12(15)6-10(7-13(11)16)9-4-2-1-3-5-9;;/h1-5,8,10,14H,6-7H2;;. The Hall–Kier alpha value is -0.900. The summed E-state index contributed by atoms with van der Waals surface area (Å²) in [6, 6.07) is 9.51. The number of carbonyl (C=O) groups excluding carboxylic acids is 2. The quantitative estimate of drug-likeness (QED) is 0.350. The van der Waals surface area contributed by atoms with E-state index in [0.717, 1.165) is 5.56 Å². The number of benzene rings is 1. The summed E-state index contributed by atoms with van der Waals surface area (Å²) in [4.78, 5) is 23.1. The van der Waals surface area contributed by atoms with Crippen LogP contribution in [0.4, 0.5) is 0 Å². The second-order valence-electron chi connectivity index (χ2n) is 3.90. The molecule has 1 saturated carbocycles. The van der Waals surface area contributed by atoms with Gasteiger partial charge in [0, 0.05) is 12.8 Å². The van der Waals surface area contributed by atoms with E-state index in [1.807, 2.05) is 30.3 Å². The Balaban J connectivity index is 0.00000144. The molecular formula is C13H13NaO3. The van der Waals surface area contributed by atoms with Crippen molar-refractivity contribution in [3.63, 3.8) is 0 Å². The Kier molecular flexibility index (Phi) is 5.12. The van der Waals surface area contributed by atoms with Crippen molar-refractivity contribution in [2.24, 2.45) is 0 Å². The zero-order valence-corrected chi connectivity index (χ0v) is 8.72. The summed E-state index contributed by atoms with van der Waals surface area (Å²) in [7, 11) is 0. The Morgan fingerprint density at radius 2 is 1.59 bits per heavy atom. The second-order valence-corrected chi connectivity index (χ2v) is 3.90. The Bertz CT molecular complexity index is 431. The zero-order chi connectivity index (χ0) is 11.5. The average Bonchev–Trinajstić information content (AvgIpc) is 2.30. The van der Waals surface area contributed by atoms with E-state index >= 15 is 0 Å². The molecule has 17 heavy (non-hydrogen) atoms. The summed E-state index contributed by atoms with van der Waals surface area (Å²) >= 11 is 0. The van der Waals surface area contributed by atoms with Crippen molar-refractivity contribution in [1.82, 2.24) is 0 Å². The van der Waals surface area contributed by atoms with Gasteiger partial charge in [0.15, 0.2) is 11.6 Å². The molecule has 2 rings (SSSR count). The molecular weight excluding hydrogens is 227 g/mol. The van der Waals surface area contributed by atoms with Gasteiger partial charge in [-0.1, -0.05) is 30.3 Å². The van der Waals surface area contributed by atoms with Crippen LogP contribution < -0.4 is 0 Å². The minimum absolute atomic E-state index is 0. The SMILES string of the molecule is O=C1CC(c2ccccc2)CC(=O)C1=CO.[NaH]. The van der Waals surface area contributed by atoms with Crippen LogP contribution in [0, 0.1) is 0 Å². The fourth-order valence-electron chi connectivity index (χ4n) is 2.00. The molecule has 1 N–H and O–H groups in total. The molecule has 3 nitrogen and oxygen atoms in total. The Morgan fingerprint density at radius 3 is 2.06 bits per heavy atom. The first-order valence-corrected chi connectivity index (χ1v) is 5.18. The number of aliphatic hydroxyl groups excluding tert-OH is 1. The van der Waals surface area contributed by atoms with Gasteiger partial charge in [0.05, 0.1) is 11.8 Å². The molecule has 0 atom stereocenters. The molecule has 1 aliphatic rings. The molecule has 0 bridgehead atoms. The van der Waals surface area contributed by atoms with E-state index in [0.29, 0.717) is 19.1 Å². The number of Topliss-reactive ketones (excluding diaryl/α,β-unsaturated/α-hetero) is 2. The average molecular weight is 240 g/mol. The molecule has 0 amide bonds. The van der Waals surface area contributed by atoms with Crippen molar-refractivity contribution in [2.45, 2.75) is 18.8 Å². The fourth-order valence-corrected chi connectivity index (χ4v) is 2.00. The van der Waals surface area contributed by atoms with Crippen molar-refractivity contribution in [3.8, 4) is 0 Å². The number of ketones is 2. The van der Waals surface area contributed by atoms with Gasteiger partial charge < -0.3 is 5.11 Å². The molecule has 0 saturated heterocycles. The van der Waals surface area contributed by atoms with Crippen LogP contribution in [0.15, 0.2) is 42.2 Å². The third-order valence-electron chi connectivity index (χ3n) is 2.86. The van der Waals surface area contributed by atoms with Gasteiger partial charge in [-0.05, 0) is 11.5 Å². The summed E-state index contributed by atoms with van der Waals surface area (Å²) < 4.78 is 0. The topological polar surface area (TPSA) is 54.4 Å². The second kappa shape index (κ2) is 6.15. The molecule has 0 radical (unpaired) electrons. The van der Waals surface area contributed by atoms with Crippen LogP contribution in [0.2, 0.25) is 0 Å². The zero-order valence-electron chi connectivity index (χ0n) is 8.72. The van der Waals surface area contributed by atoms with Crippen molar-refractivity contribution >= 4 is 41.1 Å². The number of hydrogen-bond acceptors (Lipinski definition) is 3. The van der Waals surface area contributed by atoms with E-state index in [4.69, 9.17) is 5.11 Å². The van der Waals surface area contributed by atoms with E-state index in [2.05, 4.69) is 0 Å². The molecule has 84 valence electrons. The number of carbonyl (C=O) groups is 2. The van der Waals surface area contributed by atoms with Gasteiger partial charge >= 0.3 is 29.6 Å². The first kappa shape index (κ1) is 14.2. The molecule has 0 heterocycles. The molecule has 0 unspecified atom stereocenters. The van der Waals surface area contributed by atoms with Gasteiger partial charge in [0.25, 0.3) is 0 Å². The van der Waals surface area contributed by atoms with Crippen LogP contribution in [0.1, 0.15) is 24.3 Å². The number of allylic oxidation sites excluding steroid dienone is 1. The van der Waals surface area contributed by atoms with E-state index in [-0.39, 0.29) is 52.6 Å². The molecule has 4 heteroatoms. The molecule has 0 spiro atoms. The number of aliphatic hydroxyl groups is 1. The number of hydrogen-bond donors (Lipinski definition) is 1. The maximum atomic E-state index is 11.6. The maximum absolute atomic E-state index is 11.6. The molecule has 1 aromatic rings. The van der Waals surface area contributed by atoms with Crippen molar-refractivity contribution < 1.29 is 14.7 Å². The van der Waals surface area contributed by atoms with Gasteiger partial charge in [-0.15, -0.1) is 0 Å². The summed E-state index contributed by atoms with van der Waals surface area (Å²) in [5.41, 5.74) is 0.938. The predicted octanol–water partition coefficient (Wildman–Crippen LogP) is 1.50. The first-order chi connectivity index (χ1) is 7.72. The van der Waals surface area contributed by atoms with E-state index in [1.165, 1.54) is 0 Å². The van der Waals surface area contributed by atoms with Crippen molar-refractivity contribution in [2.75, 3.05) is 0 Å². The molecule has 1 aromatic carbocycles. The summed E-state index contributed by atoms with van der Waals surface area (Å²) in [6.45, 7) is 0. The Morgan fingerprint density at radius 1 is 1.06 bits per heavy atom. The van der Waals surface area contributed by atoms with Crippen LogP contribution in [-0.2, 0) is 9.59 Å². The monoisotopic (exact) mass is 240 g/mol. The normalized spacial score (nSPS) is 19.8. The third kappa shape index (κ3) is 3.06. The third-order valence-corrected chi connectivity index (χ3v) is 2.86. The first-order valence-electron chi connectivity index (χ1n) is 5.18. The van der Waals surface area contributed by atoms with Crippen LogP contribution in [0.5, 0.6) is 0 Å². The molecule has 0 aromatic heterocycles. The van der Waals surface area contributed by atoms with Crippen molar-refractivity contribution in [1.29, 1.82) is 0 Å². The van der Waals surface area contributed by atoms with Gasteiger partial charge in [0.1, 0.15) is 0 Å². The molecule has 1 fully saturated rings. The van der Waals surface area contributed by atoms with Gasteiger partial charge in [-0.3, -0.25) is 9.59 Å². The van der Waals surface area contributed by atoms with Crippen LogP contribution in [0.25, 0.3) is 0 Å². The molecule has 0 aliphatic heterocycles. The van der Waals surface area contributed by atoms with Crippen molar-refractivity contribution in [3.05, 3.63) is 47.7 Å². The summed E-state index contributed by atoms with van der Waals surface area (Å²) in [5, 5.41) is 8.78. The van der Waals surface area contributed by atoms with Crippen LogP contribution >= 0.6 is 0 Å². The van der Waals surface area contributed by atoms with Gasteiger partial charge in [0.2, 0.25) is 0 Å². The van der Waals surface area contributed by atoms with Gasteiger partial charge in [-0.2, -0.15) is 0 Å². The van der Waals surface area contributed by atoms with E-state index in [9.17, 15) is 9.59 Å². The minimum atomic E-state index is -0.271. The van der Waals surface area contributed by atoms with E-state index < -0.39 is 0 Å². The van der Waals surface area contributed by atoms with Crippen LogP contribution in [-0.4, -0.2) is 46.2 Å².